The van der Waals surface area contributed by atoms with E-state index >= 15 is 0 Å². The number of hydrogen-bond donors (Lipinski definition) is 1. The van der Waals surface area contributed by atoms with Gasteiger partial charge in [0.25, 0.3) is 0 Å². The molecule has 1 aromatic carbocycles. The lowest BCUT2D eigenvalue weighted by atomic mass is 10.0. The fourth-order valence-electron chi connectivity index (χ4n) is 2.29. The lowest BCUT2D eigenvalue weighted by molar-refractivity contribution is 0.339. The van der Waals surface area contributed by atoms with Gasteiger partial charge < -0.3 is 10.1 Å². The van der Waals surface area contributed by atoms with Crippen LogP contribution in [0.5, 0.6) is 5.75 Å². The van der Waals surface area contributed by atoms with E-state index in [1.807, 2.05) is 37.0 Å². The number of nitrogens with zero attached hydrogens (tertiary/aromatic N) is 2. The quantitative estimate of drug-likeness (QED) is 0.843. The van der Waals surface area contributed by atoms with Crippen molar-refractivity contribution in [1.29, 1.82) is 0 Å². The molecule has 2 aromatic rings. The molecule has 2 rings (SSSR count). The number of nitrogens with one attached hydrogen (secondary N) is 1. The predicted molar refractivity (Wildman–Crippen MR) is 81.0 cm³/mol. The van der Waals surface area contributed by atoms with Crippen molar-refractivity contribution < 1.29 is 4.74 Å². The van der Waals surface area contributed by atoms with Crippen LogP contribution in [-0.4, -0.2) is 23.4 Å². The van der Waals surface area contributed by atoms with Gasteiger partial charge >= 0.3 is 0 Å². The monoisotopic (exact) mass is 273 g/mol. The van der Waals surface area contributed by atoms with Crippen molar-refractivity contribution in [3.8, 4) is 5.75 Å². The number of likely N-dealkylation sites (N-methyl/N-ethyl adjacent to an activating group) is 1. The lowest BCUT2D eigenvalue weighted by Crippen LogP contribution is -2.18. The van der Waals surface area contributed by atoms with Crippen molar-refractivity contribution in [2.75, 3.05) is 13.7 Å². The molecule has 1 N–H and O–H groups in total. The highest BCUT2D eigenvalue weighted by atomic mass is 16.5. The average Bonchev–Trinajstić information content (AvgIpc) is 2.93. The third-order valence-corrected chi connectivity index (χ3v) is 3.37. The van der Waals surface area contributed by atoms with E-state index in [-0.39, 0.29) is 6.04 Å². The molecule has 1 aromatic heterocycles. The summed E-state index contributed by atoms with van der Waals surface area (Å²) in [5, 5.41) is 7.70. The van der Waals surface area contributed by atoms with E-state index in [1.54, 1.807) is 0 Å². The molecule has 4 heteroatoms. The summed E-state index contributed by atoms with van der Waals surface area (Å²) in [6.07, 6.45) is 4.98. The summed E-state index contributed by atoms with van der Waals surface area (Å²) in [4.78, 5) is 0. The molecule has 0 radical (unpaired) electrons. The zero-order valence-corrected chi connectivity index (χ0v) is 12.5. The average molecular weight is 273 g/mol. The first-order valence-corrected chi connectivity index (χ1v) is 7.18. The second-order valence-corrected chi connectivity index (χ2v) is 4.76. The van der Waals surface area contributed by atoms with Crippen LogP contribution in [0.1, 0.15) is 31.0 Å². The molecule has 0 fully saturated rings. The molecule has 0 amide bonds. The van der Waals surface area contributed by atoms with Crippen LogP contribution in [0.25, 0.3) is 0 Å². The van der Waals surface area contributed by atoms with Gasteiger partial charge in [-0.3, -0.25) is 4.68 Å². The van der Waals surface area contributed by atoms with Crippen LogP contribution < -0.4 is 10.1 Å². The van der Waals surface area contributed by atoms with Crippen molar-refractivity contribution in [3.63, 3.8) is 0 Å². The summed E-state index contributed by atoms with van der Waals surface area (Å²) in [7, 11) is 1.99. The molecule has 0 spiro atoms. The minimum absolute atomic E-state index is 0.268. The maximum absolute atomic E-state index is 5.57. The highest BCUT2D eigenvalue weighted by Gasteiger charge is 2.12. The topological polar surface area (TPSA) is 39.1 Å². The smallest absolute Gasteiger partial charge is 0.119 e. The van der Waals surface area contributed by atoms with Gasteiger partial charge in [-0.15, -0.1) is 0 Å². The van der Waals surface area contributed by atoms with Crippen LogP contribution >= 0.6 is 0 Å². The fourth-order valence-corrected chi connectivity index (χ4v) is 2.29. The Labute approximate surface area is 120 Å². The number of ether oxygens (including phenoxy) is 1. The van der Waals surface area contributed by atoms with E-state index in [0.717, 1.165) is 18.7 Å². The van der Waals surface area contributed by atoms with E-state index < -0.39 is 0 Å². The number of aromatic nitrogens is 2. The zero-order chi connectivity index (χ0) is 14.4. The first kappa shape index (κ1) is 14.6. The first-order chi connectivity index (χ1) is 9.76. The molecule has 108 valence electrons. The van der Waals surface area contributed by atoms with Gasteiger partial charge in [0.1, 0.15) is 5.75 Å². The second kappa shape index (κ2) is 7.10. The third kappa shape index (κ3) is 3.61. The normalized spacial score (nSPS) is 12.3. The Morgan fingerprint density at radius 2 is 2.20 bits per heavy atom. The van der Waals surface area contributed by atoms with Gasteiger partial charge in [0.2, 0.25) is 0 Å². The minimum Gasteiger partial charge on any atom is -0.494 e. The van der Waals surface area contributed by atoms with Crippen molar-refractivity contribution >= 4 is 0 Å². The standard InChI is InChI=1S/C16H23N3O/c1-4-19-12-13(11-18-19)9-16(17-3)14-7-6-8-15(10-14)20-5-2/h6-8,10-12,16-17H,4-5,9H2,1-3H3. The number of hydrogen-bond acceptors (Lipinski definition) is 3. The molecule has 1 atom stereocenters. The molecule has 0 saturated heterocycles. The third-order valence-electron chi connectivity index (χ3n) is 3.37. The van der Waals surface area contributed by atoms with E-state index in [9.17, 15) is 0 Å². The second-order valence-electron chi connectivity index (χ2n) is 4.76. The summed E-state index contributed by atoms with van der Waals surface area (Å²) in [6.45, 7) is 5.69. The summed E-state index contributed by atoms with van der Waals surface area (Å²) in [6, 6.07) is 8.54. The van der Waals surface area contributed by atoms with Gasteiger partial charge in [0.15, 0.2) is 0 Å². The molecular formula is C16H23N3O. The van der Waals surface area contributed by atoms with E-state index in [2.05, 4.69) is 35.7 Å². The Kier molecular flexibility index (Phi) is 5.18. The highest BCUT2D eigenvalue weighted by molar-refractivity contribution is 5.31. The van der Waals surface area contributed by atoms with Gasteiger partial charge in [0.05, 0.1) is 12.8 Å². The molecule has 1 heterocycles. The van der Waals surface area contributed by atoms with Gasteiger partial charge in [-0.2, -0.15) is 5.10 Å². The van der Waals surface area contributed by atoms with Gasteiger partial charge in [0, 0.05) is 18.8 Å². The molecule has 0 aliphatic carbocycles. The van der Waals surface area contributed by atoms with Crippen LogP contribution in [0.3, 0.4) is 0 Å². The Morgan fingerprint density at radius 3 is 2.85 bits per heavy atom. The maximum atomic E-state index is 5.57. The van der Waals surface area contributed by atoms with Crippen LogP contribution in [0, 0.1) is 0 Å². The largest absolute Gasteiger partial charge is 0.494 e. The maximum Gasteiger partial charge on any atom is 0.119 e. The van der Waals surface area contributed by atoms with Crippen LogP contribution in [0.15, 0.2) is 36.7 Å². The highest BCUT2D eigenvalue weighted by Crippen LogP contribution is 2.22. The molecule has 0 saturated carbocycles. The summed E-state index contributed by atoms with van der Waals surface area (Å²) >= 11 is 0. The summed E-state index contributed by atoms with van der Waals surface area (Å²) < 4.78 is 7.53. The Bertz CT molecular complexity index is 536. The lowest BCUT2D eigenvalue weighted by Gasteiger charge is -2.16. The van der Waals surface area contributed by atoms with Crippen LogP contribution in [-0.2, 0) is 13.0 Å². The molecule has 0 aliphatic rings. The van der Waals surface area contributed by atoms with Crippen molar-refractivity contribution in [2.45, 2.75) is 32.9 Å². The Hall–Kier alpha value is -1.81. The molecule has 0 bridgehead atoms. The van der Waals surface area contributed by atoms with Gasteiger partial charge in [-0.1, -0.05) is 12.1 Å². The van der Waals surface area contributed by atoms with Crippen LogP contribution in [0.4, 0.5) is 0 Å². The van der Waals surface area contributed by atoms with Crippen LogP contribution in [0.2, 0.25) is 0 Å². The molecule has 4 nitrogen and oxygen atoms in total. The molecule has 0 aliphatic heterocycles. The minimum atomic E-state index is 0.268. The van der Waals surface area contributed by atoms with Crippen molar-refractivity contribution in [2.24, 2.45) is 0 Å². The molecule has 20 heavy (non-hydrogen) atoms. The summed E-state index contributed by atoms with van der Waals surface area (Å²) in [5.41, 5.74) is 2.48. The fraction of sp³-hybridized carbons (Fsp3) is 0.438. The predicted octanol–water partition coefficient (Wildman–Crippen LogP) is 2.80. The SMILES string of the molecule is CCOc1cccc(C(Cc2cnn(CC)c2)NC)c1. The number of aryl methyl sites for hydroxylation is 1. The van der Waals surface area contributed by atoms with Crippen molar-refractivity contribution in [3.05, 3.63) is 47.8 Å². The molecule has 1 unspecified atom stereocenters. The van der Waals surface area contributed by atoms with Crippen molar-refractivity contribution in [1.82, 2.24) is 15.1 Å². The Morgan fingerprint density at radius 1 is 1.35 bits per heavy atom. The van der Waals surface area contributed by atoms with Gasteiger partial charge in [-0.05, 0) is 50.6 Å². The van der Waals surface area contributed by atoms with E-state index in [0.29, 0.717) is 6.61 Å². The van der Waals surface area contributed by atoms with E-state index in [4.69, 9.17) is 4.74 Å². The first-order valence-electron chi connectivity index (χ1n) is 7.18. The zero-order valence-electron chi connectivity index (χ0n) is 12.5. The number of benzene rings is 1. The van der Waals surface area contributed by atoms with E-state index in [1.165, 1.54) is 11.1 Å². The molecular weight excluding hydrogens is 250 g/mol. The van der Waals surface area contributed by atoms with Gasteiger partial charge in [-0.25, -0.2) is 0 Å². The Balaban J connectivity index is 2.12. The number of rotatable bonds is 7. The summed E-state index contributed by atoms with van der Waals surface area (Å²) in [5.74, 6) is 0.925.